The summed E-state index contributed by atoms with van der Waals surface area (Å²) in [5, 5.41) is 8.61. The summed E-state index contributed by atoms with van der Waals surface area (Å²) in [5.74, 6) is -0.943. The number of nitrogens with one attached hydrogen (secondary N) is 3. The van der Waals surface area contributed by atoms with Crippen molar-refractivity contribution in [3.63, 3.8) is 0 Å². The van der Waals surface area contributed by atoms with E-state index in [4.69, 9.17) is 0 Å². The molecule has 29 heavy (non-hydrogen) atoms. The number of amides is 2. The number of anilines is 3. The van der Waals surface area contributed by atoms with Crippen molar-refractivity contribution in [2.24, 2.45) is 0 Å². The summed E-state index contributed by atoms with van der Waals surface area (Å²) in [7, 11) is 0. The van der Waals surface area contributed by atoms with Crippen LogP contribution in [0.25, 0.3) is 0 Å². The molecule has 0 bridgehead atoms. The molecule has 0 fully saturated rings. The summed E-state index contributed by atoms with van der Waals surface area (Å²) in [5.41, 5.74) is 4.27. The molecule has 148 valence electrons. The third-order valence-corrected chi connectivity index (χ3v) is 4.59. The van der Waals surface area contributed by atoms with E-state index in [2.05, 4.69) is 16.0 Å². The molecule has 0 unspecified atom stereocenters. The Balaban J connectivity index is 1.65. The molecule has 0 atom stereocenters. The smallest absolute Gasteiger partial charge is 0.257 e. The number of carbonyl (C=O) groups is 2. The lowest BCUT2D eigenvalue weighted by Crippen LogP contribution is -2.23. The summed E-state index contributed by atoms with van der Waals surface area (Å²) in [6.07, 6.45) is 0. The quantitative estimate of drug-likeness (QED) is 0.568. The summed E-state index contributed by atoms with van der Waals surface area (Å²) < 4.78 is 13.0. The molecule has 0 aliphatic rings. The fourth-order valence-electron chi connectivity index (χ4n) is 2.82. The van der Waals surface area contributed by atoms with Crippen LogP contribution in [-0.4, -0.2) is 18.4 Å². The van der Waals surface area contributed by atoms with Crippen LogP contribution in [0, 0.1) is 19.7 Å². The second-order valence-corrected chi connectivity index (χ2v) is 6.66. The van der Waals surface area contributed by atoms with Crippen molar-refractivity contribution in [2.45, 2.75) is 13.8 Å². The van der Waals surface area contributed by atoms with Crippen LogP contribution in [0.1, 0.15) is 21.5 Å². The number of hydrogen-bond donors (Lipinski definition) is 3. The number of aryl methyl sites for hydroxylation is 1. The first-order valence-corrected chi connectivity index (χ1v) is 9.20. The van der Waals surface area contributed by atoms with Gasteiger partial charge in [0, 0.05) is 17.1 Å². The van der Waals surface area contributed by atoms with Crippen molar-refractivity contribution in [2.75, 3.05) is 22.5 Å². The number of hydrogen-bond acceptors (Lipinski definition) is 3. The molecule has 0 spiro atoms. The van der Waals surface area contributed by atoms with Crippen LogP contribution < -0.4 is 16.0 Å². The second kappa shape index (κ2) is 9.01. The minimum absolute atomic E-state index is 0.00816. The highest BCUT2D eigenvalue weighted by Gasteiger charge is 2.13. The Morgan fingerprint density at radius 1 is 0.828 bits per heavy atom. The molecule has 3 aromatic carbocycles. The summed E-state index contributed by atoms with van der Waals surface area (Å²) in [6.45, 7) is 3.95. The molecule has 0 saturated carbocycles. The summed E-state index contributed by atoms with van der Waals surface area (Å²) >= 11 is 0. The monoisotopic (exact) mass is 391 g/mol. The average molecular weight is 391 g/mol. The van der Waals surface area contributed by atoms with Crippen LogP contribution in [0.15, 0.2) is 66.7 Å². The fourth-order valence-corrected chi connectivity index (χ4v) is 2.82. The van der Waals surface area contributed by atoms with Crippen molar-refractivity contribution in [1.29, 1.82) is 0 Å². The van der Waals surface area contributed by atoms with Crippen LogP contribution in [0.5, 0.6) is 0 Å². The van der Waals surface area contributed by atoms with E-state index in [1.165, 1.54) is 24.3 Å². The highest BCUT2D eigenvalue weighted by atomic mass is 19.1. The van der Waals surface area contributed by atoms with E-state index >= 15 is 0 Å². The van der Waals surface area contributed by atoms with Crippen molar-refractivity contribution >= 4 is 28.9 Å². The van der Waals surface area contributed by atoms with E-state index in [-0.39, 0.29) is 24.2 Å². The molecule has 0 aromatic heterocycles. The van der Waals surface area contributed by atoms with Crippen molar-refractivity contribution in [3.8, 4) is 0 Å². The van der Waals surface area contributed by atoms with Crippen LogP contribution in [0.3, 0.4) is 0 Å². The van der Waals surface area contributed by atoms with Crippen LogP contribution in [0.2, 0.25) is 0 Å². The highest BCUT2D eigenvalue weighted by molar-refractivity contribution is 6.08. The van der Waals surface area contributed by atoms with Crippen LogP contribution in [0.4, 0.5) is 21.5 Å². The second-order valence-electron chi connectivity index (χ2n) is 6.66. The zero-order chi connectivity index (χ0) is 20.8. The van der Waals surface area contributed by atoms with Gasteiger partial charge in [-0.05, 0) is 67.4 Å². The highest BCUT2D eigenvalue weighted by Crippen LogP contribution is 2.19. The molecule has 3 aromatic rings. The van der Waals surface area contributed by atoms with Gasteiger partial charge in [0.2, 0.25) is 5.91 Å². The molecule has 6 heteroatoms. The van der Waals surface area contributed by atoms with Crippen molar-refractivity contribution in [1.82, 2.24) is 0 Å². The maximum Gasteiger partial charge on any atom is 0.257 e. The van der Waals surface area contributed by atoms with Crippen LogP contribution in [-0.2, 0) is 4.79 Å². The molecule has 0 aliphatic heterocycles. The summed E-state index contributed by atoms with van der Waals surface area (Å²) in [4.78, 5) is 24.9. The average Bonchev–Trinajstić information content (AvgIpc) is 2.72. The molecular weight excluding hydrogens is 369 g/mol. The lowest BCUT2D eigenvalue weighted by atomic mass is 10.1. The molecule has 0 saturated heterocycles. The minimum Gasteiger partial charge on any atom is -0.376 e. The standard InChI is InChI=1S/C23H22FN3O2/c1-15-6-5-9-20(16(15)2)27-22(28)14-25-21-8-4-3-7-19(21)23(29)26-18-12-10-17(24)11-13-18/h3-13,25H,14H2,1-2H3,(H,26,29)(H,27,28). The SMILES string of the molecule is Cc1cccc(NC(=O)CNc2ccccc2C(=O)Nc2ccc(F)cc2)c1C. The Morgan fingerprint density at radius 3 is 2.28 bits per heavy atom. The van der Waals surface area contributed by atoms with Crippen molar-refractivity contribution in [3.05, 3.63) is 89.2 Å². The lowest BCUT2D eigenvalue weighted by Gasteiger charge is -2.14. The maximum atomic E-state index is 13.0. The molecule has 0 radical (unpaired) electrons. The van der Waals surface area contributed by atoms with Gasteiger partial charge in [-0.15, -0.1) is 0 Å². The Bertz CT molecular complexity index is 1030. The van der Waals surface area contributed by atoms with E-state index < -0.39 is 0 Å². The Labute approximate surface area is 169 Å². The molecule has 3 rings (SSSR count). The summed E-state index contributed by atoms with van der Waals surface area (Å²) in [6, 6.07) is 18.1. The van der Waals surface area contributed by atoms with Crippen LogP contribution >= 0.6 is 0 Å². The van der Waals surface area contributed by atoms with Gasteiger partial charge in [0.05, 0.1) is 12.1 Å². The van der Waals surface area contributed by atoms with Gasteiger partial charge < -0.3 is 16.0 Å². The predicted octanol–water partition coefficient (Wildman–Crippen LogP) is 4.75. The van der Waals surface area contributed by atoms with Gasteiger partial charge in [-0.2, -0.15) is 0 Å². The first-order valence-electron chi connectivity index (χ1n) is 9.20. The zero-order valence-corrected chi connectivity index (χ0v) is 16.3. The van der Waals surface area contributed by atoms with E-state index in [1.807, 2.05) is 32.0 Å². The molecule has 3 N–H and O–H groups in total. The topological polar surface area (TPSA) is 70.2 Å². The van der Waals surface area contributed by atoms with Gasteiger partial charge in [-0.1, -0.05) is 24.3 Å². The van der Waals surface area contributed by atoms with Gasteiger partial charge in [-0.3, -0.25) is 9.59 Å². The van der Waals surface area contributed by atoms with E-state index in [1.54, 1.807) is 24.3 Å². The van der Waals surface area contributed by atoms with Gasteiger partial charge in [0.1, 0.15) is 5.82 Å². The third-order valence-electron chi connectivity index (χ3n) is 4.59. The number of carbonyl (C=O) groups excluding carboxylic acids is 2. The van der Waals surface area contributed by atoms with Gasteiger partial charge in [0.25, 0.3) is 5.91 Å². The number of para-hydroxylation sites is 1. The third kappa shape index (κ3) is 5.19. The van der Waals surface area contributed by atoms with Gasteiger partial charge >= 0.3 is 0 Å². The molecule has 0 heterocycles. The molecule has 5 nitrogen and oxygen atoms in total. The number of benzene rings is 3. The predicted molar refractivity (Wildman–Crippen MR) is 114 cm³/mol. The molecular formula is C23H22FN3O2. The minimum atomic E-state index is -0.375. The Hall–Kier alpha value is -3.67. The van der Waals surface area contributed by atoms with E-state index in [0.717, 1.165) is 16.8 Å². The van der Waals surface area contributed by atoms with Crippen molar-refractivity contribution < 1.29 is 14.0 Å². The van der Waals surface area contributed by atoms with Gasteiger partial charge in [-0.25, -0.2) is 4.39 Å². The number of rotatable bonds is 6. The first kappa shape index (κ1) is 20.1. The first-order chi connectivity index (χ1) is 13.9. The molecule has 0 aliphatic carbocycles. The Morgan fingerprint density at radius 2 is 1.52 bits per heavy atom. The number of halogens is 1. The normalized spacial score (nSPS) is 10.3. The lowest BCUT2D eigenvalue weighted by molar-refractivity contribution is -0.114. The maximum absolute atomic E-state index is 13.0. The Kier molecular flexibility index (Phi) is 6.24. The fraction of sp³-hybridized carbons (Fsp3) is 0.130. The van der Waals surface area contributed by atoms with E-state index in [0.29, 0.717) is 16.9 Å². The zero-order valence-electron chi connectivity index (χ0n) is 16.3. The molecule has 2 amide bonds. The largest absolute Gasteiger partial charge is 0.376 e. The van der Waals surface area contributed by atoms with Gasteiger partial charge in [0.15, 0.2) is 0 Å². The van der Waals surface area contributed by atoms with E-state index in [9.17, 15) is 14.0 Å².